The summed E-state index contributed by atoms with van der Waals surface area (Å²) in [4.78, 5) is 29.7. The number of ether oxygens (including phenoxy) is 1. The van der Waals surface area contributed by atoms with E-state index in [1.807, 2.05) is 50.2 Å². The predicted molar refractivity (Wildman–Crippen MR) is 130 cm³/mol. The molecule has 176 valence electrons. The lowest BCUT2D eigenvalue weighted by Gasteiger charge is -2.26. The average Bonchev–Trinajstić information content (AvgIpc) is 3.07. The Balaban J connectivity index is 2.01. The van der Waals surface area contributed by atoms with Crippen molar-refractivity contribution in [1.82, 2.24) is 9.80 Å². The number of benzene rings is 2. The Bertz CT molecular complexity index is 994. The van der Waals surface area contributed by atoms with Crippen molar-refractivity contribution >= 4 is 17.4 Å². The number of carbonyl (C=O) groups excluding carboxylic acids is 2. The zero-order valence-electron chi connectivity index (χ0n) is 20.0. The summed E-state index contributed by atoms with van der Waals surface area (Å²) < 4.78 is 5.62. The Morgan fingerprint density at radius 1 is 1.03 bits per heavy atom. The molecule has 0 radical (unpaired) electrons. The number of Topliss-reactive ketones (excluding diaryl/α,β-unsaturated/α-hetero) is 1. The highest BCUT2D eigenvalue weighted by atomic mass is 16.5. The lowest BCUT2D eigenvalue weighted by atomic mass is 9.94. The van der Waals surface area contributed by atoms with Crippen LogP contribution in [-0.2, 0) is 16.0 Å². The molecule has 1 atom stereocenters. The lowest BCUT2D eigenvalue weighted by molar-refractivity contribution is -0.139. The van der Waals surface area contributed by atoms with Crippen molar-refractivity contribution in [2.75, 3.05) is 33.8 Å². The number of amides is 1. The summed E-state index contributed by atoms with van der Waals surface area (Å²) in [6, 6.07) is 14.3. The molecule has 0 bridgehead atoms. The molecule has 33 heavy (non-hydrogen) atoms. The van der Waals surface area contributed by atoms with Crippen molar-refractivity contribution in [3.05, 3.63) is 70.8 Å². The van der Waals surface area contributed by atoms with E-state index in [0.29, 0.717) is 24.5 Å². The molecule has 6 heteroatoms. The SMILES string of the molecule is CCCOc1ccc(/C(O)=C2/C(=O)C(=O)N(CCCN(C)C)C2c2ccc(CC)cc2)cc1. The number of ketones is 1. The second-order valence-electron chi connectivity index (χ2n) is 8.62. The van der Waals surface area contributed by atoms with E-state index in [4.69, 9.17) is 4.74 Å². The van der Waals surface area contributed by atoms with E-state index in [-0.39, 0.29) is 11.3 Å². The van der Waals surface area contributed by atoms with Crippen LogP contribution in [0.25, 0.3) is 5.76 Å². The Labute approximate surface area is 196 Å². The minimum absolute atomic E-state index is 0.135. The number of rotatable bonds is 10. The standard InChI is InChI=1S/C27H34N2O4/c1-5-18-33-22-14-12-21(13-15-22)25(30)23-24(20-10-8-19(6-2)9-11-20)29(27(32)26(23)31)17-7-16-28(3)4/h8-15,24,30H,5-7,16-18H2,1-4H3/b25-23-. The summed E-state index contributed by atoms with van der Waals surface area (Å²) in [5.74, 6) is -0.671. The summed E-state index contributed by atoms with van der Waals surface area (Å²) in [5, 5.41) is 11.2. The fraction of sp³-hybridized carbons (Fsp3) is 0.407. The van der Waals surface area contributed by atoms with Crippen molar-refractivity contribution < 1.29 is 19.4 Å². The van der Waals surface area contributed by atoms with Crippen molar-refractivity contribution in [2.45, 2.75) is 39.2 Å². The fourth-order valence-electron chi connectivity index (χ4n) is 4.03. The van der Waals surface area contributed by atoms with E-state index < -0.39 is 17.7 Å². The maximum Gasteiger partial charge on any atom is 0.295 e. The summed E-state index contributed by atoms with van der Waals surface area (Å²) in [6.07, 6.45) is 2.53. The number of aliphatic hydroxyl groups excluding tert-OH is 1. The van der Waals surface area contributed by atoms with Gasteiger partial charge in [-0.05, 0) is 75.3 Å². The molecule has 1 N–H and O–H groups in total. The van der Waals surface area contributed by atoms with Crippen LogP contribution >= 0.6 is 0 Å². The maximum atomic E-state index is 13.1. The maximum absolute atomic E-state index is 13.1. The monoisotopic (exact) mass is 450 g/mol. The Hall–Kier alpha value is -3.12. The zero-order valence-corrected chi connectivity index (χ0v) is 20.0. The highest BCUT2D eigenvalue weighted by Gasteiger charge is 2.45. The van der Waals surface area contributed by atoms with Gasteiger partial charge in [-0.3, -0.25) is 9.59 Å². The third kappa shape index (κ3) is 5.63. The second-order valence-corrected chi connectivity index (χ2v) is 8.62. The number of aryl methyl sites for hydroxylation is 1. The molecular weight excluding hydrogens is 416 g/mol. The summed E-state index contributed by atoms with van der Waals surface area (Å²) in [6.45, 7) is 5.95. The van der Waals surface area contributed by atoms with Gasteiger partial charge in [0.25, 0.3) is 11.7 Å². The fourth-order valence-corrected chi connectivity index (χ4v) is 4.03. The van der Waals surface area contributed by atoms with E-state index in [2.05, 4.69) is 6.92 Å². The molecular formula is C27H34N2O4. The number of likely N-dealkylation sites (tertiary alicyclic amines) is 1. The molecule has 2 aromatic carbocycles. The largest absolute Gasteiger partial charge is 0.507 e. The van der Waals surface area contributed by atoms with Crippen LogP contribution in [0.15, 0.2) is 54.1 Å². The van der Waals surface area contributed by atoms with Gasteiger partial charge in [-0.1, -0.05) is 38.1 Å². The van der Waals surface area contributed by atoms with Crippen LogP contribution in [-0.4, -0.2) is 60.4 Å². The molecule has 0 spiro atoms. The third-order valence-electron chi connectivity index (χ3n) is 5.85. The van der Waals surface area contributed by atoms with Gasteiger partial charge in [-0.2, -0.15) is 0 Å². The van der Waals surface area contributed by atoms with Crippen LogP contribution in [0.5, 0.6) is 5.75 Å². The molecule has 1 unspecified atom stereocenters. The van der Waals surface area contributed by atoms with Crippen LogP contribution in [0.3, 0.4) is 0 Å². The van der Waals surface area contributed by atoms with Crippen LogP contribution in [0.4, 0.5) is 0 Å². The van der Waals surface area contributed by atoms with Gasteiger partial charge in [0, 0.05) is 12.1 Å². The first kappa shape index (κ1) is 24.5. The molecule has 1 saturated heterocycles. The van der Waals surface area contributed by atoms with Crippen molar-refractivity contribution in [3.8, 4) is 5.75 Å². The molecule has 6 nitrogen and oxygen atoms in total. The van der Waals surface area contributed by atoms with Gasteiger partial charge in [0.1, 0.15) is 11.5 Å². The van der Waals surface area contributed by atoms with Gasteiger partial charge >= 0.3 is 0 Å². The first-order valence-electron chi connectivity index (χ1n) is 11.6. The Morgan fingerprint density at radius 2 is 1.70 bits per heavy atom. The van der Waals surface area contributed by atoms with Crippen LogP contribution in [0, 0.1) is 0 Å². The van der Waals surface area contributed by atoms with E-state index in [9.17, 15) is 14.7 Å². The van der Waals surface area contributed by atoms with Gasteiger partial charge in [-0.15, -0.1) is 0 Å². The van der Waals surface area contributed by atoms with E-state index in [0.717, 1.165) is 31.4 Å². The minimum atomic E-state index is -0.645. The number of carbonyl (C=O) groups is 2. The van der Waals surface area contributed by atoms with Crippen LogP contribution in [0.2, 0.25) is 0 Å². The van der Waals surface area contributed by atoms with Crippen LogP contribution < -0.4 is 4.74 Å². The topological polar surface area (TPSA) is 70.1 Å². The van der Waals surface area contributed by atoms with E-state index in [1.54, 1.807) is 29.2 Å². The highest BCUT2D eigenvalue weighted by Crippen LogP contribution is 2.39. The second kappa shape index (κ2) is 11.1. The number of aliphatic hydroxyl groups is 1. The number of hydrogen-bond donors (Lipinski definition) is 1. The first-order valence-corrected chi connectivity index (χ1v) is 11.6. The summed E-state index contributed by atoms with van der Waals surface area (Å²) in [5.41, 5.74) is 2.61. The molecule has 2 aromatic rings. The molecule has 0 saturated carbocycles. The first-order chi connectivity index (χ1) is 15.9. The molecule has 3 rings (SSSR count). The number of hydrogen-bond acceptors (Lipinski definition) is 5. The minimum Gasteiger partial charge on any atom is -0.507 e. The third-order valence-corrected chi connectivity index (χ3v) is 5.85. The summed E-state index contributed by atoms with van der Waals surface area (Å²) in [7, 11) is 3.95. The summed E-state index contributed by atoms with van der Waals surface area (Å²) >= 11 is 0. The van der Waals surface area contributed by atoms with Gasteiger partial charge in [0.15, 0.2) is 0 Å². The normalized spacial score (nSPS) is 17.7. The Kier molecular flexibility index (Phi) is 8.28. The molecule has 1 aliphatic heterocycles. The molecule has 0 aliphatic carbocycles. The van der Waals surface area contributed by atoms with Crippen molar-refractivity contribution in [1.29, 1.82) is 0 Å². The lowest BCUT2D eigenvalue weighted by Crippen LogP contribution is -2.32. The van der Waals surface area contributed by atoms with Gasteiger partial charge in [-0.25, -0.2) is 0 Å². The van der Waals surface area contributed by atoms with E-state index >= 15 is 0 Å². The molecule has 1 aliphatic rings. The van der Waals surface area contributed by atoms with Gasteiger partial charge < -0.3 is 19.6 Å². The molecule has 1 fully saturated rings. The number of nitrogens with zero attached hydrogens (tertiary/aromatic N) is 2. The highest BCUT2D eigenvalue weighted by molar-refractivity contribution is 6.46. The quantitative estimate of drug-likeness (QED) is 0.330. The predicted octanol–water partition coefficient (Wildman–Crippen LogP) is 4.41. The van der Waals surface area contributed by atoms with Gasteiger partial charge in [0.05, 0.1) is 18.2 Å². The van der Waals surface area contributed by atoms with Crippen molar-refractivity contribution in [2.24, 2.45) is 0 Å². The average molecular weight is 451 g/mol. The smallest absolute Gasteiger partial charge is 0.295 e. The zero-order chi connectivity index (χ0) is 24.0. The molecule has 1 amide bonds. The Morgan fingerprint density at radius 3 is 2.27 bits per heavy atom. The molecule has 0 aromatic heterocycles. The van der Waals surface area contributed by atoms with E-state index in [1.165, 1.54) is 5.56 Å². The molecule has 1 heterocycles. The van der Waals surface area contributed by atoms with Crippen LogP contribution in [0.1, 0.15) is 49.4 Å². The van der Waals surface area contributed by atoms with Crippen molar-refractivity contribution in [3.63, 3.8) is 0 Å². The van der Waals surface area contributed by atoms with Gasteiger partial charge in [0.2, 0.25) is 0 Å².